The van der Waals surface area contributed by atoms with Crippen LogP contribution in [0.15, 0.2) is 72.1 Å². The van der Waals surface area contributed by atoms with Crippen molar-refractivity contribution in [1.29, 1.82) is 0 Å². The monoisotopic (exact) mass is 447 g/mol. The lowest BCUT2D eigenvalue weighted by Crippen LogP contribution is -2.31. The van der Waals surface area contributed by atoms with Crippen LogP contribution >= 0.6 is 11.3 Å². The highest BCUT2D eigenvalue weighted by molar-refractivity contribution is 7.13. The van der Waals surface area contributed by atoms with Crippen LogP contribution in [-0.4, -0.2) is 40.3 Å². The van der Waals surface area contributed by atoms with E-state index in [1.165, 1.54) is 12.1 Å². The van der Waals surface area contributed by atoms with Crippen LogP contribution in [0.1, 0.15) is 17.0 Å². The summed E-state index contributed by atoms with van der Waals surface area (Å²) in [6.07, 6.45) is 0.962. The maximum atomic E-state index is 13.2. The molecule has 1 N–H and O–H groups in total. The summed E-state index contributed by atoms with van der Waals surface area (Å²) in [5, 5.41) is 9.48. The van der Waals surface area contributed by atoms with E-state index in [0.29, 0.717) is 18.3 Å². The number of anilines is 1. The predicted molar refractivity (Wildman–Crippen MR) is 124 cm³/mol. The minimum Gasteiger partial charge on any atom is -0.371 e. The number of benzene rings is 2. The van der Waals surface area contributed by atoms with Crippen molar-refractivity contribution in [3.05, 3.63) is 83.8 Å². The van der Waals surface area contributed by atoms with Crippen molar-refractivity contribution in [3.8, 4) is 16.4 Å². The molecule has 0 aliphatic carbocycles. The maximum Gasteiger partial charge on any atom is 0.291 e. The summed E-state index contributed by atoms with van der Waals surface area (Å²) < 4.78 is 14.9. The maximum absolute atomic E-state index is 13.2. The van der Waals surface area contributed by atoms with Crippen molar-refractivity contribution in [2.75, 3.05) is 24.5 Å². The molecule has 0 radical (unpaired) electrons. The fourth-order valence-electron chi connectivity index (χ4n) is 3.92. The third kappa shape index (κ3) is 4.27. The van der Waals surface area contributed by atoms with Gasteiger partial charge in [-0.1, -0.05) is 24.3 Å². The third-order valence-electron chi connectivity index (χ3n) is 5.58. The Balaban J connectivity index is 1.27. The average molecular weight is 448 g/mol. The second-order valence-corrected chi connectivity index (χ2v) is 8.72. The number of aromatic nitrogens is 3. The van der Waals surface area contributed by atoms with Gasteiger partial charge in [-0.05, 0) is 60.2 Å². The summed E-state index contributed by atoms with van der Waals surface area (Å²) in [6, 6.07) is 20.2. The zero-order valence-corrected chi connectivity index (χ0v) is 18.1. The second-order valence-electron chi connectivity index (χ2n) is 7.77. The molecule has 2 aromatic heterocycles. The Bertz CT molecular complexity index is 1190. The summed E-state index contributed by atoms with van der Waals surface area (Å²) >= 11 is 1.56. The van der Waals surface area contributed by atoms with E-state index >= 15 is 0 Å². The van der Waals surface area contributed by atoms with Gasteiger partial charge in [-0.15, -0.1) is 16.4 Å². The van der Waals surface area contributed by atoms with Gasteiger partial charge in [-0.25, -0.2) is 14.1 Å². The van der Waals surface area contributed by atoms with Gasteiger partial charge >= 0.3 is 0 Å². The van der Waals surface area contributed by atoms with Gasteiger partial charge in [0.15, 0.2) is 5.82 Å². The van der Waals surface area contributed by atoms with Gasteiger partial charge < -0.3 is 10.2 Å². The molecule has 5 rings (SSSR count). The Morgan fingerprint density at radius 2 is 1.88 bits per heavy atom. The molecular weight excluding hydrogens is 425 g/mol. The molecule has 3 heterocycles. The van der Waals surface area contributed by atoms with E-state index < -0.39 is 0 Å². The number of thiophene rings is 1. The number of carbonyl (C=O) groups excluding carboxylic acids is 1. The molecule has 6 nitrogen and oxygen atoms in total. The lowest BCUT2D eigenvalue weighted by molar-refractivity contribution is 0.0938. The Hall–Kier alpha value is -3.52. The fourth-order valence-corrected chi connectivity index (χ4v) is 4.62. The first-order valence-electron chi connectivity index (χ1n) is 10.5. The Morgan fingerprint density at radius 1 is 1.06 bits per heavy atom. The number of rotatable bonds is 6. The average Bonchev–Trinajstić information content (AvgIpc) is 3.59. The van der Waals surface area contributed by atoms with E-state index in [-0.39, 0.29) is 17.5 Å². The zero-order valence-electron chi connectivity index (χ0n) is 17.3. The number of amides is 1. The van der Waals surface area contributed by atoms with Crippen LogP contribution in [-0.2, 0) is 0 Å². The highest BCUT2D eigenvalue weighted by Gasteiger charge is 2.25. The second kappa shape index (κ2) is 8.92. The first-order valence-corrected chi connectivity index (χ1v) is 11.4. The number of nitrogens with one attached hydrogen (secondary N) is 1. The molecule has 0 saturated carbocycles. The van der Waals surface area contributed by atoms with E-state index in [4.69, 9.17) is 0 Å². The highest BCUT2D eigenvalue weighted by atomic mass is 32.1. The van der Waals surface area contributed by atoms with Crippen molar-refractivity contribution < 1.29 is 9.18 Å². The van der Waals surface area contributed by atoms with Crippen LogP contribution in [0, 0.1) is 11.7 Å². The summed E-state index contributed by atoms with van der Waals surface area (Å²) in [5.41, 5.74) is 1.86. The lowest BCUT2D eigenvalue weighted by atomic mass is 10.1. The molecule has 0 spiro atoms. The van der Waals surface area contributed by atoms with Crippen LogP contribution in [0.5, 0.6) is 0 Å². The Kier molecular flexibility index (Phi) is 5.68. The minimum atomic E-state index is -0.280. The Morgan fingerprint density at radius 3 is 2.62 bits per heavy atom. The van der Waals surface area contributed by atoms with Gasteiger partial charge in [0.2, 0.25) is 5.82 Å². The molecule has 4 aromatic rings. The summed E-state index contributed by atoms with van der Waals surface area (Å²) in [5.74, 6) is 0.612. The van der Waals surface area contributed by atoms with Crippen molar-refractivity contribution in [1.82, 2.24) is 20.1 Å². The number of hydrogen-bond acceptors (Lipinski definition) is 5. The van der Waals surface area contributed by atoms with Crippen molar-refractivity contribution >= 4 is 22.9 Å². The largest absolute Gasteiger partial charge is 0.371 e. The van der Waals surface area contributed by atoms with Crippen LogP contribution in [0.3, 0.4) is 0 Å². The number of hydrogen-bond donors (Lipinski definition) is 1. The number of nitrogens with zero attached hydrogens (tertiary/aromatic N) is 4. The number of halogens is 1. The first kappa shape index (κ1) is 20.4. The van der Waals surface area contributed by atoms with Gasteiger partial charge in [0, 0.05) is 25.3 Å². The van der Waals surface area contributed by atoms with Gasteiger partial charge in [-0.3, -0.25) is 4.79 Å². The molecule has 8 heteroatoms. The summed E-state index contributed by atoms with van der Waals surface area (Å²) in [6.45, 7) is 2.25. The highest BCUT2D eigenvalue weighted by Crippen LogP contribution is 2.26. The summed E-state index contributed by atoms with van der Waals surface area (Å²) in [4.78, 5) is 20.6. The van der Waals surface area contributed by atoms with E-state index in [2.05, 4.69) is 20.3 Å². The van der Waals surface area contributed by atoms with Gasteiger partial charge in [0.05, 0.1) is 10.6 Å². The Labute approximate surface area is 189 Å². The molecule has 0 bridgehead atoms. The van der Waals surface area contributed by atoms with Crippen LogP contribution in [0.25, 0.3) is 16.4 Å². The topological polar surface area (TPSA) is 63.1 Å². The van der Waals surface area contributed by atoms with E-state index in [0.717, 1.165) is 35.8 Å². The molecule has 1 saturated heterocycles. The van der Waals surface area contributed by atoms with Crippen LogP contribution in [0.2, 0.25) is 0 Å². The minimum absolute atomic E-state index is 0.158. The molecule has 1 atom stereocenters. The SMILES string of the molecule is O=C(NCC1CCN(c2ccc(F)cc2)C1)c1nc(-c2cccs2)n(-c2ccccc2)n1. The van der Waals surface area contributed by atoms with Crippen LogP contribution < -0.4 is 10.2 Å². The van der Waals surface area contributed by atoms with Gasteiger partial charge in [0.25, 0.3) is 5.91 Å². The van der Waals surface area contributed by atoms with Crippen molar-refractivity contribution in [2.45, 2.75) is 6.42 Å². The standard InChI is InChI=1S/C24H22FN5OS/c25-18-8-10-19(11-9-18)29-13-12-17(16-29)15-26-24(31)22-27-23(21-7-4-14-32-21)30(28-22)20-5-2-1-3-6-20/h1-11,14,17H,12-13,15-16H2,(H,26,31). The zero-order chi connectivity index (χ0) is 21.9. The quantitative estimate of drug-likeness (QED) is 0.476. The van der Waals surface area contributed by atoms with Gasteiger partial charge in [0.1, 0.15) is 5.82 Å². The summed E-state index contributed by atoms with van der Waals surface area (Å²) in [7, 11) is 0. The van der Waals surface area contributed by atoms with Crippen molar-refractivity contribution in [3.63, 3.8) is 0 Å². The molecule has 1 unspecified atom stereocenters. The van der Waals surface area contributed by atoms with E-state index in [1.807, 2.05) is 47.8 Å². The number of carbonyl (C=O) groups is 1. The molecule has 2 aromatic carbocycles. The molecule has 1 aliphatic heterocycles. The molecule has 1 amide bonds. The molecule has 1 fully saturated rings. The fraction of sp³-hybridized carbons (Fsp3) is 0.208. The molecule has 32 heavy (non-hydrogen) atoms. The van der Waals surface area contributed by atoms with E-state index in [9.17, 15) is 9.18 Å². The smallest absolute Gasteiger partial charge is 0.291 e. The first-order chi connectivity index (χ1) is 15.7. The molecule has 1 aliphatic rings. The molecular formula is C24H22FN5OS. The molecule has 162 valence electrons. The van der Waals surface area contributed by atoms with Crippen LogP contribution in [0.4, 0.5) is 10.1 Å². The number of para-hydroxylation sites is 1. The lowest BCUT2D eigenvalue weighted by Gasteiger charge is -2.18. The normalized spacial score (nSPS) is 15.8. The van der Waals surface area contributed by atoms with Crippen molar-refractivity contribution in [2.24, 2.45) is 5.92 Å². The van der Waals surface area contributed by atoms with E-state index in [1.54, 1.807) is 28.2 Å². The predicted octanol–water partition coefficient (Wildman–Crippen LogP) is 4.39. The third-order valence-corrected chi connectivity index (χ3v) is 6.45. The van der Waals surface area contributed by atoms with Gasteiger partial charge in [-0.2, -0.15) is 0 Å².